The Balaban J connectivity index is 1.87. The Morgan fingerprint density at radius 2 is 1.83 bits per heavy atom. The number of hydrogen-bond acceptors (Lipinski definition) is 2. The van der Waals surface area contributed by atoms with E-state index in [2.05, 4.69) is 30.9 Å². The molecular formula is C16H31NS. The Kier molecular flexibility index (Phi) is 6.37. The van der Waals surface area contributed by atoms with Crippen molar-refractivity contribution in [3.8, 4) is 0 Å². The Hall–Kier alpha value is 0.310. The zero-order valence-electron chi connectivity index (χ0n) is 12.3. The van der Waals surface area contributed by atoms with Crippen molar-refractivity contribution < 1.29 is 0 Å². The van der Waals surface area contributed by atoms with Gasteiger partial charge in [-0.25, -0.2) is 0 Å². The van der Waals surface area contributed by atoms with Gasteiger partial charge in [-0.05, 0) is 61.5 Å². The smallest absolute Gasteiger partial charge is 0.0132 e. The summed E-state index contributed by atoms with van der Waals surface area (Å²) in [5, 5.41) is 3.90. The fourth-order valence-corrected chi connectivity index (χ4v) is 5.13. The maximum Gasteiger partial charge on any atom is 0.0132 e. The molecule has 18 heavy (non-hydrogen) atoms. The minimum Gasteiger partial charge on any atom is -0.313 e. The first-order chi connectivity index (χ1) is 8.85. The van der Waals surface area contributed by atoms with E-state index in [9.17, 15) is 0 Å². The summed E-state index contributed by atoms with van der Waals surface area (Å²) in [6.07, 6.45) is 10.1. The van der Waals surface area contributed by atoms with Crippen LogP contribution >= 0.6 is 11.8 Å². The normalized spacial score (nSPS) is 34.7. The predicted molar refractivity (Wildman–Crippen MR) is 83.3 cm³/mol. The maximum atomic E-state index is 3.90. The van der Waals surface area contributed by atoms with Gasteiger partial charge in [0.05, 0.1) is 0 Å². The molecule has 2 fully saturated rings. The van der Waals surface area contributed by atoms with Gasteiger partial charge in [0.2, 0.25) is 0 Å². The minimum atomic E-state index is 0.831. The van der Waals surface area contributed by atoms with Crippen molar-refractivity contribution in [3.05, 3.63) is 0 Å². The average Bonchev–Trinajstić information content (AvgIpc) is 2.94. The lowest BCUT2D eigenvalue weighted by Gasteiger charge is -2.37. The second kappa shape index (κ2) is 7.79. The van der Waals surface area contributed by atoms with E-state index in [1.54, 1.807) is 0 Å². The Morgan fingerprint density at radius 3 is 2.39 bits per heavy atom. The highest BCUT2D eigenvalue weighted by Gasteiger charge is 2.33. The van der Waals surface area contributed by atoms with Crippen LogP contribution in [0, 0.1) is 17.8 Å². The van der Waals surface area contributed by atoms with Crippen molar-refractivity contribution in [3.63, 3.8) is 0 Å². The summed E-state index contributed by atoms with van der Waals surface area (Å²) >= 11 is 2.17. The molecule has 0 spiro atoms. The summed E-state index contributed by atoms with van der Waals surface area (Å²) in [7, 11) is 0. The Labute approximate surface area is 118 Å². The highest BCUT2D eigenvalue weighted by atomic mass is 32.2. The van der Waals surface area contributed by atoms with Crippen molar-refractivity contribution in [2.45, 2.75) is 64.8 Å². The second-order valence-corrected chi connectivity index (χ2v) is 7.44. The van der Waals surface area contributed by atoms with E-state index in [0.717, 1.165) is 23.8 Å². The van der Waals surface area contributed by atoms with Gasteiger partial charge in [0.25, 0.3) is 0 Å². The van der Waals surface area contributed by atoms with Gasteiger partial charge in [-0.3, -0.25) is 0 Å². The van der Waals surface area contributed by atoms with Crippen molar-refractivity contribution >= 4 is 11.8 Å². The number of nitrogens with one attached hydrogen (secondary N) is 1. The molecule has 1 saturated heterocycles. The van der Waals surface area contributed by atoms with Crippen LogP contribution in [0.3, 0.4) is 0 Å². The maximum absolute atomic E-state index is 3.90. The molecule has 1 N–H and O–H groups in total. The molecular weight excluding hydrogens is 238 g/mol. The molecule has 1 saturated carbocycles. The van der Waals surface area contributed by atoms with Crippen LogP contribution in [0.4, 0.5) is 0 Å². The van der Waals surface area contributed by atoms with Gasteiger partial charge in [-0.1, -0.05) is 33.1 Å². The van der Waals surface area contributed by atoms with E-state index in [1.165, 1.54) is 63.0 Å². The molecule has 2 heteroatoms. The minimum absolute atomic E-state index is 0.831. The fourth-order valence-electron chi connectivity index (χ4n) is 3.82. The van der Waals surface area contributed by atoms with Crippen LogP contribution in [0.1, 0.15) is 58.8 Å². The molecule has 1 aliphatic heterocycles. The molecule has 0 aromatic heterocycles. The lowest BCUT2D eigenvalue weighted by atomic mass is 9.74. The van der Waals surface area contributed by atoms with E-state index in [-0.39, 0.29) is 0 Å². The molecule has 0 aromatic carbocycles. The first kappa shape index (κ1) is 14.7. The summed E-state index contributed by atoms with van der Waals surface area (Å²) in [6, 6.07) is 0.831. The SMILES string of the molecule is CCCNC(C1CCC(CC)CC1)C1CCSC1. The van der Waals surface area contributed by atoms with Gasteiger partial charge >= 0.3 is 0 Å². The van der Waals surface area contributed by atoms with E-state index in [1.807, 2.05) is 0 Å². The quantitative estimate of drug-likeness (QED) is 0.770. The Bertz CT molecular complexity index is 217. The van der Waals surface area contributed by atoms with Gasteiger partial charge in [0.1, 0.15) is 0 Å². The number of hydrogen-bond donors (Lipinski definition) is 1. The second-order valence-electron chi connectivity index (χ2n) is 6.29. The first-order valence-corrected chi connectivity index (χ1v) is 9.31. The van der Waals surface area contributed by atoms with E-state index >= 15 is 0 Å². The molecule has 106 valence electrons. The monoisotopic (exact) mass is 269 g/mol. The van der Waals surface area contributed by atoms with E-state index < -0.39 is 0 Å². The van der Waals surface area contributed by atoms with Gasteiger partial charge in [0, 0.05) is 6.04 Å². The summed E-state index contributed by atoms with van der Waals surface area (Å²) in [6.45, 7) is 5.88. The standard InChI is InChI=1S/C16H31NS/c1-3-10-17-16(15-9-11-18-12-15)14-7-5-13(4-2)6-8-14/h13-17H,3-12H2,1-2H3. The third-order valence-corrected chi connectivity index (χ3v) is 6.27. The Morgan fingerprint density at radius 1 is 1.06 bits per heavy atom. The zero-order valence-corrected chi connectivity index (χ0v) is 13.1. The van der Waals surface area contributed by atoms with Crippen LogP contribution in [0.5, 0.6) is 0 Å². The van der Waals surface area contributed by atoms with Gasteiger partial charge in [-0.2, -0.15) is 11.8 Å². The average molecular weight is 269 g/mol. The molecule has 1 aliphatic carbocycles. The number of thioether (sulfide) groups is 1. The van der Waals surface area contributed by atoms with Gasteiger partial charge in [0.15, 0.2) is 0 Å². The number of rotatable bonds is 6. The van der Waals surface area contributed by atoms with Gasteiger partial charge in [-0.15, -0.1) is 0 Å². The summed E-state index contributed by atoms with van der Waals surface area (Å²) < 4.78 is 0. The van der Waals surface area contributed by atoms with E-state index in [0.29, 0.717) is 0 Å². The highest BCUT2D eigenvalue weighted by Crippen LogP contribution is 2.37. The predicted octanol–water partition coefficient (Wildman–Crippen LogP) is 4.32. The molecule has 1 heterocycles. The lowest BCUT2D eigenvalue weighted by molar-refractivity contribution is 0.183. The topological polar surface area (TPSA) is 12.0 Å². The third-order valence-electron chi connectivity index (χ3n) is 5.08. The fraction of sp³-hybridized carbons (Fsp3) is 1.00. The largest absolute Gasteiger partial charge is 0.313 e. The summed E-state index contributed by atoms with van der Waals surface area (Å²) in [5.74, 6) is 5.78. The van der Waals surface area contributed by atoms with Crippen LogP contribution in [0.25, 0.3) is 0 Å². The third kappa shape index (κ3) is 3.90. The van der Waals surface area contributed by atoms with Crippen molar-refractivity contribution in [2.75, 3.05) is 18.1 Å². The molecule has 2 unspecified atom stereocenters. The van der Waals surface area contributed by atoms with Gasteiger partial charge < -0.3 is 5.32 Å². The summed E-state index contributed by atoms with van der Waals surface area (Å²) in [4.78, 5) is 0. The van der Waals surface area contributed by atoms with Crippen LogP contribution in [-0.4, -0.2) is 24.1 Å². The van der Waals surface area contributed by atoms with E-state index in [4.69, 9.17) is 0 Å². The lowest BCUT2D eigenvalue weighted by Crippen LogP contribution is -2.44. The van der Waals surface area contributed by atoms with Crippen molar-refractivity contribution in [1.82, 2.24) is 5.32 Å². The van der Waals surface area contributed by atoms with Crippen molar-refractivity contribution in [1.29, 1.82) is 0 Å². The molecule has 0 radical (unpaired) electrons. The first-order valence-electron chi connectivity index (χ1n) is 8.16. The van der Waals surface area contributed by atoms with Crippen LogP contribution in [0.15, 0.2) is 0 Å². The van der Waals surface area contributed by atoms with Crippen LogP contribution in [0.2, 0.25) is 0 Å². The van der Waals surface area contributed by atoms with Crippen LogP contribution < -0.4 is 5.32 Å². The highest BCUT2D eigenvalue weighted by molar-refractivity contribution is 7.99. The molecule has 0 bridgehead atoms. The molecule has 2 rings (SSSR count). The summed E-state index contributed by atoms with van der Waals surface area (Å²) in [5.41, 5.74) is 0. The molecule has 0 amide bonds. The van der Waals surface area contributed by atoms with Crippen LogP contribution in [-0.2, 0) is 0 Å². The molecule has 2 aliphatic rings. The van der Waals surface area contributed by atoms with Crippen molar-refractivity contribution in [2.24, 2.45) is 17.8 Å². The molecule has 0 aromatic rings. The molecule has 2 atom stereocenters. The zero-order chi connectivity index (χ0) is 12.8. The molecule has 1 nitrogen and oxygen atoms in total.